The van der Waals surface area contributed by atoms with Crippen LogP contribution in [0.3, 0.4) is 0 Å². The van der Waals surface area contributed by atoms with E-state index in [0.29, 0.717) is 0 Å². The molecule has 5 heteroatoms. The van der Waals surface area contributed by atoms with Gasteiger partial charge in [0.15, 0.2) is 5.79 Å². The minimum Gasteiger partial charge on any atom is -0.347 e. The summed E-state index contributed by atoms with van der Waals surface area (Å²) >= 11 is 0. The Morgan fingerprint density at radius 3 is 2.67 bits per heavy atom. The number of hydrogen-bond acceptors (Lipinski definition) is 4. The smallest absolute Gasteiger partial charge is 0.168 e. The molecule has 1 unspecified atom stereocenters. The molecule has 2 fully saturated rings. The molecule has 1 aliphatic heterocycles. The predicted molar refractivity (Wildman–Crippen MR) is 75.3 cm³/mol. The van der Waals surface area contributed by atoms with E-state index >= 15 is 0 Å². The van der Waals surface area contributed by atoms with E-state index < -0.39 is 0 Å². The number of rotatable bonds is 6. The lowest BCUT2D eigenvalue weighted by atomic mass is 10.2. The quantitative estimate of drug-likeness (QED) is 0.749. The van der Waals surface area contributed by atoms with E-state index in [9.17, 15) is 0 Å². The second-order valence-corrected chi connectivity index (χ2v) is 5.53. The van der Waals surface area contributed by atoms with Gasteiger partial charge in [0.25, 0.3) is 0 Å². The number of ether oxygens (including phenoxy) is 2. The Bertz CT molecular complexity index is 233. The second-order valence-electron chi connectivity index (χ2n) is 5.53. The molecule has 4 nitrogen and oxygen atoms in total. The van der Waals surface area contributed by atoms with Crippen molar-refractivity contribution in [1.29, 1.82) is 0 Å². The molecule has 2 rings (SSSR count). The summed E-state index contributed by atoms with van der Waals surface area (Å²) in [5.74, 6) is -0.198. The molecule has 1 atom stereocenters. The Hall–Kier alpha value is 0.130. The zero-order valence-corrected chi connectivity index (χ0v) is 12.4. The zero-order chi connectivity index (χ0) is 12.1. The van der Waals surface area contributed by atoms with Crippen LogP contribution in [0, 0.1) is 0 Å². The summed E-state index contributed by atoms with van der Waals surface area (Å²) in [5.41, 5.74) is 0. The third-order valence-corrected chi connectivity index (χ3v) is 3.61. The van der Waals surface area contributed by atoms with Crippen molar-refractivity contribution >= 4 is 12.4 Å². The fraction of sp³-hybridized carbons (Fsp3) is 1.00. The Kier molecular flexibility index (Phi) is 6.88. The Morgan fingerprint density at radius 1 is 1.28 bits per heavy atom. The van der Waals surface area contributed by atoms with Gasteiger partial charge in [0.05, 0.1) is 12.7 Å². The maximum Gasteiger partial charge on any atom is 0.168 e. The van der Waals surface area contributed by atoms with Crippen molar-refractivity contribution in [1.82, 2.24) is 10.2 Å². The zero-order valence-electron chi connectivity index (χ0n) is 11.6. The van der Waals surface area contributed by atoms with Crippen molar-refractivity contribution in [3.8, 4) is 0 Å². The summed E-state index contributed by atoms with van der Waals surface area (Å²) in [6, 6.07) is 0. The van der Waals surface area contributed by atoms with E-state index in [4.69, 9.17) is 9.47 Å². The van der Waals surface area contributed by atoms with E-state index in [-0.39, 0.29) is 24.3 Å². The van der Waals surface area contributed by atoms with Gasteiger partial charge in [0.1, 0.15) is 0 Å². The monoisotopic (exact) mass is 278 g/mol. The van der Waals surface area contributed by atoms with E-state index in [1.54, 1.807) is 0 Å². The van der Waals surface area contributed by atoms with Crippen molar-refractivity contribution in [3.05, 3.63) is 0 Å². The number of nitrogens with zero attached hydrogens (tertiary/aromatic N) is 1. The van der Waals surface area contributed by atoms with Gasteiger partial charge in [0.2, 0.25) is 0 Å². The Balaban J connectivity index is 0.00000162. The van der Waals surface area contributed by atoms with Crippen LogP contribution in [0.4, 0.5) is 0 Å². The lowest BCUT2D eigenvalue weighted by Gasteiger charge is -2.22. The van der Waals surface area contributed by atoms with Crippen molar-refractivity contribution < 1.29 is 9.47 Å². The molecule has 2 aliphatic rings. The maximum atomic E-state index is 6.04. The highest BCUT2D eigenvalue weighted by Crippen LogP contribution is 2.38. The summed E-state index contributed by atoms with van der Waals surface area (Å²) in [7, 11) is 4.22. The van der Waals surface area contributed by atoms with Gasteiger partial charge >= 0.3 is 0 Å². The molecular formula is C13H27ClN2O2. The van der Waals surface area contributed by atoms with E-state index in [1.165, 1.54) is 19.3 Å². The summed E-state index contributed by atoms with van der Waals surface area (Å²) in [6.45, 7) is 3.89. The van der Waals surface area contributed by atoms with Gasteiger partial charge in [-0.2, -0.15) is 0 Å². The number of halogens is 1. The van der Waals surface area contributed by atoms with Gasteiger partial charge in [0, 0.05) is 19.4 Å². The fourth-order valence-corrected chi connectivity index (χ4v) is 2.68. The summed E-state index contributed by atoms with van der Waals surface area (Å²) in [5, 5.41) is 3.46. The lowest BCUT2D eigenvalue weighted by Crippen LogP contribution is -2.33. The van der Waals surface area contributed by atoms with Crippen LogP contribution < -0.4 is 5.32 Å². The average Bonchev–Trinajstić information content (AvgIpc) is 2.89. The van der Waals surface area contributed by atoms with Gasteiger partial charge in [-0.25, -0.2) is 0 Å². The Labute approximate surface area is 117 Å². The Morgan fingerprint density at radius 2 is 2.00 bits per heavy atom. The van der Waals surface area contributed by atoms with Crippen molar-refractivity contribution in [3.63, 3.8) is 0 Å². The first-order valence-corrected chi connectivity index (χ1v) is 6.87. The van der Waals surface area contributed by atoms with Crippen LogP contribution in [0.25, 0.3) is 0 Å². The summed E-state index contributed by atoms with van der Waals surface area (Å²) in [4.78, 5) is 2.21. The normalized spacial score (nSPS) is 25.8. The van der Waals surface area contributed by atoms with Crippen LogP contribution >= 0.6 is 12.4 Å². The van der Waals surface area contributed by atoms with Crippen molar-refractivity contribution in [2.75, 3.05) is 40.3 Å². The molecule has 0 aromatic carbocycles. The van der Waals surface area contributed by atoms with E-state index in [2.05, 4.69) is 24.3 Å². The molecule has 0 amide bonds. The van der Waals surface area contributed by atoms with Crippen LogP contribution in [0.1, 0.15) is 32.1 Å². The van der Waals surface area contributed by atoms with Crippen molar-refractivity contribution in [2.45, 2.75) is 44.0 Å². The third kappa shape index (κ3) is 4.67. The summed E-state index contributed by atoms with van der Waals surface area (Å²) in [6.07, 6.45) is 6.12. The maximum absolute atomic E-state index is 6.04. The first kappa shape index (κ1) is 16.2. The molecule has 1 heterocycles. The average molecular weight is 279 g/mol. The van der Waals surface area contributed by atoms with Gasteiger partial charge in [-0.15, -0.1) is 12.4 Å². The molecule has 1 saturated carbocycles. The molecule has 1 spiro atoms. The van der Waals surface area contributed by atoms with Crippen LogP contribution in [0.15, 0.2) is 0 Å². The van der Waals surface area contributed by atoms with Gasteiger partial charge in [-0.1, -0.05) is 0 Å². The fourth-order valence-electron chi connectivity index (χ4n) is 2.68. The van der Waals surface area contributed by atoms with Gasteiger partial charge in [-0.05, 0) is 46.4 Å². The predicted octanol–water partition coefficient (Wildman–Crippen LogP) is 1.64. The molecule has 0 aromatic heterocycles. The van der Waals surface area contributed by atoms with E-state index in [1.807, 2.05) is 0 Å². The summed E-state index contributed by atoms with van der Waals surface area (Å²) < 4.78 is 11.9. The first-order valence-electron chi connectivity index (χ1n) is 6.87. The minimum absolute atomic E-state index is 0. The van der Waals surface area contributed by atoms with Crippen LogP contribution in [-0.2, 0) is 9.47 Å². The SMILES string of the molecule is CN(C)CCCNCC1COC2(CCCC2)O1.Cl. The van der Waals surface area contributed by atoms with E-state index in [0.717, 1.165) is 39.1 Å². The lowest BCUT2D eigenvalue weighted by molar-refractivity contribution is -0.161. The molecule has 108 valence electrons. The molecule has 0 radical (unpaired) electrons. The van der Waals surface area contributed by atoms with Crippen LogP contribution in [0.2, 0.25) is 0 Å². The minimum atomic E-state index is -0.198. The van der Waals surface area contributed by atoms with Gasteiger partial charge in [-0.3, -0.25) is 0 Å². The van der Waals surface area contributed by atoms with Crippen molar-refractivity contribution in [2.24, 2.45) is 0 Å². The number of nitrogens with one attached hydrogen (secondary N) is 1. The molecule has 18 heavy (non-hydrogen) atoms. The van der Waals surface area contributed by atoms with Crippen LogP contribution in [-0.4, -0.2) is 57.1 Å². The molecule has 1 saturated heterocycles. The second kappa shape index (κ2) is 7.65. The molecule has 0 aromatic rings. The highest BCUT2D eigenvalue weighted by Gasteiger charge is 2.43. The standard InChI is InChI=1S/C13H26N2O2.ClH/c1-15(2)9-5-8-14-10-12-11-16-13(17-12)6-3-4-7-13;/h12,14H,3-11H2,1-2H3;1H. The number of hydrogen-bond donors (Lipinski definition) is 1. The van der Waals surface area contributed by atoms with Crippen LogP contribution in [0.5, 0.6) is 0 Å². The van der Waals surface area contributed by atoms with Gasteiger partial charge < -0.3 is 19.7 Å². The largest absolute Gasteiger partial charge is 0.347 e. The molecular weight excluding hydrogens is 252 g/mol. The molecule has 0 bridgehead atoms. The first-order chi connectivity index (χ1) is 8.20. The molecule has 1 aliphatic carbocycles. The highest BCUT2D eigenvalue weighted by molar-refractivity contribution is 5.85. The molecule has 1 N–H and O–H groups in total. The highest BCUT2D eigenvalue weighted by atomic mass is 35.5. The topological polar surface area (TPSA) is 33.7 Å². The third-order valence-electron chi connectivity index (χ3n) is 3.61.